The fourth-order valence-electron chi connectivity index (χ4n) is 1.09. The first-order valence-corrected chi connectivity index (χ1v) is 4.30. The molecule has 0 fully saturated rings. The Balaban J connectivity index is 3.03. The first kappa shape index (κ1) is 10.4. The van der Waals surface area contributed by atoms with Gasteiger partial charge in [-0.3, -0.25) is 0 Å². The van der Waals surface area contributed by atoms with Gasteiger partial charge in [-0.05, 0) is 19.1 Å². The van der Waals surface area contributed by atoms with Crippen molar-refractivity contribution in [1.29, 1.82) is 0 Å². The van der Waals surface area contributed by atoms with Crippen LogP contribution in [0.15, 0.2) is 23.4 Å². The van der Waals surface area contributed by atoms with Crippen LogP contribution in [-0.2, 0) is 0 Å². The molecule has 0 aliphatic carbocycles. The second kappa shape index (κ2) is 5.11. The van der Waals surface area contributed by atoms with Crippen LogP contribution >= 0.6 is 0 Å². The molecule has 0 bridgehead atoms. The number of nitrogens with zero attached hydrogens (tertiary/aromatic N) is 1. The molecule has 1 rings (SSSR count). The quantitative estimate of drug-likeness (QED) is 0.453. The average Bonchev–Trinajstić information content (AvgIpc) is 2.21. The summed E-state index contributed by atoms with van der Waals surface area (Å²) in [5.74, 6) is 1.35. The summed E-state index contributed by atoms with van der Waals surface area (Å²) in [5.41, 5.74) is 0.718. The van der Waals surface area contributed by atoms with Crippen LogP contribution in [0.5, 0.6) is 11.5 Å². The number of benzene rings is 1. The van der Waals surface area contributed by atoms with Crippen LogP contribution in [0.3, 0.4) is 0 Å². The van der Waals surface area contributed by atoms with Crippen LogP contribution in [0.25, 0.3) is 0 Å². The molecule has 0 spiro atoms. The number of ether oxygens (including phenoxy) is 2. The Labute approximate surface area is 82.8 Å². The molecule has 0 aliphatic heterocycles. The molecule has 4 heteroatoms. The summed E-state index contributed by atoms with van der Waals surface area (Å²) in [6, 6.07) is 5.30. The second-order valence-electron chi connectivity index (χ2n) is 2.58. The van der Waals surface area contributed by atoms with Crippen LogP contribution in [0.4, 0.5) is 0 Å². The van der Waals surface area contributed by atoms with E-state index in [4.69, 9.17) is 14.7 Å². The molecule has 0 atom stereocenters. The molecule has 1 aromatic rings. The third-order valence-corrected chi connectivity index (χ3v) is 1.72. The fraction of sp³-hybridized carbons (Fsp3) is 0.300. The Morgan fingerprint density at radius 2 is 2.29 bits per heavy atom. The summed E-state index contributed by atoms with van der Waals surface area (Å²) >= 11 is 0. The molecule has 0 unspecified atom stereocenters. The summed E-state index contributed by atoms with van der Waals surface area (Å²) in [7, 11) is 1.59. The van der Waals surface area contributed by atoms with E-state index in [2.05, 4.69) is 5.16 Å². The maximum Gasteiger partial charge on any atom is 0.131 e. The Morgan fingerprint density at radius 3 is 2.86 bits per heavy atom. The fourth-order valence-corrected chi connectivity index (χ4v) is 1.09. The molecular formula is C10H13NO3. The van der Waals surface area contributed by atoms with E-state index in [1.54, 1.807) is 25.3 Å². The van der Waals surface area contributed by atoms with E-state index in [1.165, 1.54) is 6.21 Å². The zero-order valence-electron chi connectivity index (χ0n) is 8.23. The van der Waals surface area contributed by atoms with Gasteiger partial charge in [0, 0.05) is 11.6 Å². The summed E-state index contributed by atoms with van der Waals surface area (Å²) in [6.45, 7) is 2.44. The van der Waals surface area contributed by atoms with Gasteiger partial charge >= 0.3 is 0 Å². The molecule has 0 amide bonds. The van der Waals surface area contributed by atoms with E-state index < -0.39 is 0 Å². The highest BCUT2D eigenvalue weighted by Gasteiger charge is 2.03. The molecule has 0 heterocycles. The Hall–Kier alpha value is -1.71. The van der Waals surface area contributed by atoms with Crippen LogP contribution in [0.2, 0.25) is 0 Å². The van der Waals surface area contributed by atoms with Crippen LogP contribution in [0.1, 0.15) is 12.5 Å². The molecule has 0 aromatic heterocycles. The lowest BCUT2D eigenvalue weighted by molar-refractivity contribution is 0.320. The standard InChI is InChI=1S/C10H13NO3/c1-3-14-10-6-9(13-2)5-4-8(10)7-11-12/h4-7,12H,3H2,1-2H3/b11-7-. The largest absolute Gasteiger partial charge is 0.497 e. The van der Waals surface area contributed by atoms with Crippen LogP contribution < -0.4 is 9.47 Å². The van der Waals surface area contributed by atoms with E-state index in [0.717, 1.165) is 5.56 Å². The van der Waals surface area contributed by atoms with Gasteiger partial charge in [0.2, 0.25) is 0 Å². The van der Waals surface area contributed by atoms with Gasteiger partial charge in [-0.15, -0.1) is 0 Å². The molecule has 0 aliphatic rings. The Kier molecular flexibility index (Phi) is 3.79. The molecule has 0 saturated carbocycles. The van der Waals surface area contributed by atoms with E-state index >= 15 is 0 Å². The first-order chi connectivity index (χ1) is 6.81. The third kappa shape index (κ3) is 2.39. The van der Waals surface area contributed by atoms with Gasteiger partial charge in [0.25, 0.3) is 0 Å². The molecule has 1 aromatic carbocycles. The monoisotopic (exact) mass is 195 g/mol. The summed E-state index contributed by atoms with van der Waals surface area (Å²) in [6.07, 6.45) is 1.32. The Bertz CT molecular complexity index is 323. The van der Waals surface area contributed by atoms with Crippen molar-refractivity contribution in [2.75, 3.05) is 13.7 Å². The van der Waals surface area contributed by atoms with Crippen LogP contribution in [0, 0.1) is 0 Å². The number of rotatable bonds is 4. The van der Waals surface area contributed by atoms with Crippen LogP contribution in [-0.4, -0.2) is 25.1 Å². The predicted octanol–water partition coefficient (Wildman–Crippen LogP) is 1.90. The molecule has 14 heavy (non-hydrogen) atoms. The molecular weight excluding hydrogens is 182 g/mol. The maximum absolute atomic E-state index is 8.42. The van der Waals surface area contributed by atoms with Gasteiger partial charge in [0.1, 0.15) is 11.5 Å². The molecule has 4 nitrogen and oxygen atoms in total. The highest BCUT2D eigenvalue weighted by Crippen LogP contribution is 2.23. The number of methoxy groups -OCH3 is 1. The Morgan fingerprint density at radius 1 is 1.50 bits per heavy atom. The summed E-state index contributed by atoms with van der Waals surface area (Å²) < 4.78 is 10.4. The lowest BCUT2D eigenvalue weighted by atomic mass is 10.2. The van der Waals surface area contributed by atoms with E-state index in [9.17, 15) is 0 Å². The number of hydrogen-bond donors (Lipinski definition) is 1. The number of hydrogen-bond acceptors (Lipinski definition) is 4. The van der Waals surface area contributed by atoms with Crippen molar-refractivity contribution in [3.63, 3.8) is 0 Å². The SMILES string of the molecule is CCOc1cc(OC)ccc1/C=N\O. The summed E-state index contributed by atoms with van der Waals surface area (Å²) in [5, 5.41) is 11.4. The third-order valence-electron chi connectivity index (χ3n) is 1.72. The van der Waals surface area contributed by atoms with E-state index in [1.807, 2.05) is 6.92 Å². The van der Waals surface area contributed by atoms with Crippen molar-refractivity contribution in [2.45, 2.75) is 6.92 Å². The van der Waals surface area contributed by atoms with Crippen molar-refractivity contribution in [2.24, 2.45) is 5.16 Å². The lowest BCUT2D eigenvalue weighted by Gasteiger charge is -2.08. The van der Waals surface area contributed by atoms with Gasteiger partial charge in [-0.2, -0.15) is 0 Å². The zero-order valence-corrected chi connectivity index (χ0v) is 8.23. The minimum Gasteiger partial charge on any atom is -0.497 e. The molecule has 0 saturated heterocycles. The van der Waals surface area contributed by atoms with E-state index in [0.29, 0.717) is 18.1 Å². The highest BCUT2D eigenvalue weighted by atomic mass is 16.5. The minimum absolute atomic E-state index is 0.555. The molecule has 1 N–H and O–H groups in total. The maximum atomic E-state index is 8.42. The van der Waals surface area contributed by atoms with Gasteiger partial charge < -0.3 is 14.7 Å². The minimum atomic E-state index is 0.555. The van der Waals surface area contributed by atoms with Crippen molar-refractivity contribution >= 4 is 6.21 Å². The predicted molar refractivity (Wildman–Crippen MR) is 53.5 cm³/mol. The smallest absolute Gasteiger partial charge is 0.131 e. The van der Waals surface area contributed by atoms with Gasteiger partial charge in [-0.25, -0.2) is 0 Å². The van der Waals surface area contributed by atoms with Crippen molar-refractivity contribution in [3.8, 4) is 11.5 Å². The highest BCUT2D eigenvalue weighted by molar-refractivity contribution is 5.83. The normalized spacial score (nSPS) is 10.4. The zero-order chi connectivity index (χ0) is 10.4. The topological polar surface area (TPSA) is 51.0 Å². The van der Waals surface area contributed by atoms with E-state index in [-0.39, 0.29) is 0 Å². The number of oxime groups is 1. The summed E-state index contributed by atoms with van der Waals surface area (Å²) in [4.78, 5) is 0. The first-order valence-electron chi connectivity index (χ1n) is 4.30. The van der Waals surface area contributed by atoms with Crippen molar-refractivity contribution in [3.05, 3.63) is 23.8 Å². The average molecular weight is 195 g/mol. The van der Waals surface area contributed by atoms with Crippen molar-refractivity contribution < 1.29 is 14.7 Å². The van der Waals surface area contributed by atoms with Crippen molar-refractivity contribution in [1.82, 2.24) is 0 Å². The van der Waals surface area contributed by atoms with Gasteiger partial charge in [0.15, 0.2) is 0 Å². The molecule has 0 radical (unpaired) electrons. The lowest BCUT2D eigenvalue weighted by Crippen LogP contribution is -1.97. The van der Waals surface area contributed by atoms with Gasteiger partial charge in [0.05, 0.1) is 19.9 Å². The molecule has 76 valence electrons. The second-order valence-corrected chi connectivity index (χ2v) is 2.58. The van der Waals surface area contributed by atoms with Gasteiger partial charge in [-0.1, -0.05) is 5.16 Å².